The number of nitrogens with zero attached hydrogens (tertiary/aromatic N) is 3. The highest BCUT2D eigenvalue weighted by Gasteiger charge is 2.19. The van der Waals surface area contributed by atoms with Gasteiger partial charge in [0.2, 0.25) is 0 Å². The summed E-state index contributed by atoms with van der Waals surface area (Å²) in [7, 11) is 1.68. The van der Waals surface area contributed by atoms with E-state index in [1.54, 1.807) is 14.0 Å². The second kappa shape index (κ2) is 4.88. The van der Waals surface area contributed by atoms with Crippen LogP contribution in [0.5, 0.6) is 0 Å². The Labute approximate surface area is 105 Å². The zero-order chi connectivity index (χ0) is 13.1. The fourth-order valence-electron chi connectivity index (χ4n) is 1.84. The minimum absolute atomic E-state index is 0.172. The van der Waals surface area contributed by atoms with Gasteiger partial charge in [-0.3, -0.25) is 9.89 Å². The number of fused-ring (bicyclic) bond motifs is 1. The number of carbonyl (C=O) groups is 1. The lowest BCUT2D eigenvalue weighted by Crippen LogP contribution is -2.31. The van der Waals surface area contributed by atoms with Crippen molar-refractivity contribution in [1.82, 2.24) is 15.1 Å². The van der Waals surface area contributed by atoms with Crippen molar-refractivity contribution in [2.45, 2.75) is 6.92 Å². The van der Waals surface area contributed by atoms with Gasteiger partial charge in [-0.1, -0.05) is 18.2 Å². The predicted molar refractivity (Wildman–Crippen MR) is 67.8 cm³/mol. The van der Waals surface area contributed by atoms with Crippen molar-refractivity contribution in [3.05, 3.63) is 30.0 Å². The molecule has 1 atom stereocenters. The largest absolute Gasteiger partial charge is 0.339 e. The van der Waals surface area contributed by atoms with Crippen LogP contribution >= 0.6 is 0 Å². The molecule has 92 valence electrons. The van der Waals surface area contributed by atoms with E-state index >= 15 is 0 Å². The number of carbonyl (C=O) groups excluding carboxylic acids is 1. The van der Waals surface area contributed by atoms with Crippen molar-refractivity contribution >= 4 is 16.8 Å². The number of aromatic amines is 1. The number of hydrogen-bond donors (Lipinski definition) is 1. The molecule has 0 aliphatic carbocycles. The molecule has 0 aliphatic heterocycles. The fraction of sp³-hybridized carbons (Fsp3) is 0.308. The zero-order valence-corrected chi connectivity index (χ0v) is 10.3. The van der Waals surface area contributed by atoms with Crippen LogP contribution in [0.3, 0.4) is 0 Å². The molecule has 1 amide bonds. The van der Waals surface area contributed by atoms with Crippen LogP contribution in [-0.2, 0) is 0 Å². The molecule has 0 aliphatic rings. The molecule has 1 aromatic carbocycles. The molecule has 0 saturated heterocycles. The zero-order valence-electron chi connectivity index (χ0n) is 10.3. The molecule has 0 bridgehead atoms. The number of benzene rings is 1. The van der Waals surface area contributed by atoms with E-state index in [0.717, 1.165) is 10.9 Å². The van der Waals surface area contributed by atoms with Crippen molar-refractivity contribution in [3.8, 4) is 6.07 Å². The first kappa shape index (κ1) is 12.1. The molecule has 0 spiro atoms. The maximum absolute atomic E-state index is 12.2. The summed E-state index contributed by atoms with van der Waals surface area (Å²) in [6.07, 6.45) is 0. The molecule has 1 unspecified atom stereocenters. The third kappa shape index (κ3) is 2.18. The number of nitriles is 1. The highest BCUT2D eigenvalue weighted by atomic mass is 16.2. The lowest BCUT2D eigenvalue weighted by Gasteiger charge is -2.16. The van der Waals surface area contributed by atoms with Gasteiger partial charge in [0.05, 0.1) is 17.5 Å². The van der Waals surface area contributed by atoms with Gasteiger partial charge in [0.1, 0.15) is 0 Å². The maximum Gasteiger partial charge on any atom is 0.274 e. The third-order valence-electron chi connectivity index (χ3n) is 2.79. The van der Waals surface area contributed by atoms with Crippen molar-refractivity contribution in [2.75, 3.05) is 13.6 Å². The van der Waals surface area contributed by atoms with Crippen molar-refractivity contribution in [2.24, 2.45) is 5.92 Å². The first-order valence-electron chi connectivity index (χ1n) is 5.71. The van der Waals surface area contributed by atoms with Gasteiger partial charge in [-0.25, -0.2) is 0 Å². The second-order valence-electron chi connectivity index (χ2n) is 4.33. The molecule has 5 heteroatoms. The molecule has 2 aromatic rings. The number of hydrogen-bond acceptors (Lipinski definition) is 3. The van der Waals surface area contributed by atoms with Gasteiger partial charge in [0.15, 0.2) is 5.69 Å². The van der Waals surface area contributed by atoms with E-state index in [1.807, 2.05) is 24.3 Å². The molecule has 0 radical (unpaired) electrons. The fourth-order valence-corrected chi connectivity index (χ4v) is 1.84. The Morgan fingerprint density at radius 1 is 1.56 bits per heavy atom. The summed E-state index contributed by atoms with van der Waals surface area (Å²) in [5.74, 6) is -0.362. The number of H-pyrrole nitrogens is 1. The highest BCUT2D eigenvalue weighted by molar-refractivity contribution is 6.04. The van der Waals surface area contributed by atoms with Crippen molar-refractivity contribution in [1.29, 1.82) is 5.26 Å². The van der Waals surface area contributed by atoms with Gasteiger partial charge >= 0.3 is 0 Å². The first-order valence-corrected chi connectivity index (χ1v) is 5.71. The molecule has 1 aromatic heterocycles. The molecule has 18 heavy (non-hydrogen) atoms. The SMILES string of the molecule is CC(C#N)CN(C)C(=O)c1n[nH]c2ccccc12. The summed E-state index contributed by atoms with van der Waals surface area (Å²) in [4.78, 5) is 13.7. The average Bonchev–Trinajstić information content (AvgIpc) is 2.81. The van der Waals surface area contributed by atoms with Gasteiger partial charge in [0, 0.05) is 19.0 Å². The van der Waals surface area contributed by atoms with Crippen LogP contribution in [0, 0.1) is 17.2 Å². The molecule has 5 nitrogen and oxygen atoms in total. The third-order valence-corrected chi connectivity index (χ3v) is 2.79. The maximum atomic E-state index is 12.2. The van der Waals surface area contributed by atoms with Crippen LogP contribution < -0.4 is 0 Å². The van der Waals surface area contributed by atoms with E-state index in [2.05, 4.69) is 16.3 Å². The monoisotopic (exact) mass is 242 g/mol. The van der Waals surface area contributed by atoms with Crippen LogP contribution in [0.4, 0.5) is 0 Å². The van der Waals surface area contributed by atoms with Gasteiger partial charge in [-0.15, -0.1) is 0 Å². The van der Waals surface area contributed by atoms with Crippen LogP contribution in [0.2, 0.25) is 0 Å². The molecular weight excluding hydrogens is 228 g/mol. The Balaban J connectivity index is 2.26. The van der Waals surface area contributed by atoms with E-state index in [4.69, 9.17) is 5.26 Å². The smallest absolute Gasteiger partial charge is 0.274 e. The van der Waals surface area contributed by atoms with E-state index in [0.29, 0.717) is 12.2 Å². The van der Waals surface area contributed by atoms with Crippen molar-refractivity contribution < 1.29 is 4.79 Å². The topological polar surface area (TPSA) is 72.8 Å². The molecule has 0 saturated carbocycles. The quantitative estimate of drug-likeness (QED) is 0.891. The molecule has 2 rings (SSSR count). The van der Waals surface area contributed by atoms with E-state index < -0.39 is 0 Å². The van der Waals surface area contributed by atoms with Gasteiger partial charge < -0.3 is 4.90 Å². The van der Waals surface area contributed by atoms with E-state index in [1.165, 1.54) is 4.90 Å². The van der Waals surface area contributed by atoms with Crippen molar-refractivity contribution in [3.63, 3.8) is 0 Å². The Bertz CT molecular complexity index is 611. The Hall–Kier alpha value is -2.35. The molecule has 0 fully saturated rings. The predicted octanol–water partition coefficient (Wildman–Crippen LogP) is 1.79. The number of aromatic nitrogens is 2. The summed E-state index contributed by atoms with van der Waals surface area (Å²) in [5.41, 5.74) is 1.24. The first-order chi connectivity index (χ1) is 8.63. The molecular formula is C13H14N4O. The Morgan fingerprint density at radius 2 is 2.28 bits per heavy atom. The lowest BCUT2D eigenvalue weighted by molar-refractivity contribution is 0.0781. The minimum atomic E-state index is -0.191. The van der Waals surface area contributed by atoms with E-state index in [-0.39, 0.29) is 11.8 Å². The number of nitrogens with one attached hydrogen (secondary N) is 1. The van der Waals surface area contributed by atoms with Gasteiger partial charge in [-0.2, -0.15) is 10.4 Å². The molecule has 1 heterocycles. The Kier molecular flexibility index (Phi) is 3.28. The van der Waals surface area contributed by atoms with Crippen LogP contribution in [-0.4, -0.2) is 34.6 Å². The number of rotatable bonds is 3. The average molecular weight is 242 g/mol. The van der Waals surface area contributed by atoms with Crippen LogP contribution in [0.25, 0.3) is 10.9 Å². The lowest BCUT2D eigenvalue weighted by atomic mass is 10.1. The summed E-state index contributed by atoms with van der Waals surface area (Å²) in [5, 5.41) is 16.4. The summed E-state index contributed by atoms with van der Waals surface area (Å²) < 4.78 is 0. The highest BCUT2D eigenvalue weighted by Crippen LogP contribution is 2.16. The van der Waals surface area contributed by atoms with Gasteiger partial charge in [-0.05, 0) is 13.0 Å². The number of para-hydroxylation sites is 1. The summed E-state index contributed by atoms with van der Waals surface area (Å²) >= 11 is 0. The number of amides is 1. The van der Waals surface area contributed by atoms with E-state index in [9.17, 15) is 4.79 Å². The summed E-state index contributed by atoms with van der Waals surface area (Å²) in [6.45, 7) is 2.18. The second-order valence-corrected chi connectivity index (χ2v) is 4.33. The normalized spacial score (nSPS) is 12.1. The minimum Gasteiger partial charge on any atom is -0.339 e. The Morgan fingerprint density at radius 3 is 3.00 bits per heavy atom. The standard InChI is InChI=1S/C13H14N4O/c1-9(7-14)8-17(2)13(18)12-10-5-3-4-6-11(10)15-16-12/h3-6,9H,8H2,1-2H3,(H,15,16). The van der Waals surface area contributed by atoms with Crippen LogP contribution in [0.15, 0.2) is 24.3 Å². The summed E-state index contributed by atoms with van der Waals surface area (Å²) in [6, 6.07) is 9.59. The van der Waals surface area contributed by atoms with Crippen LogP contribution in [0.1, 0.15) is 17.4 Å². The van der Waals surface area contributed by atoms with Gasteiger partial charge in [0.25, 0.3) is 5.91 Å². The molecule has 1 N–H and O–H groups in total.